The van der Waals surface area contributed by atoms with Crippen LogP contribution in [0.4, 0.5) is 5.00 Å². The maximum Gasteiger partial charge on any atom is 0.341 e. The van der Waals surface area contributed by atoms with Crippen LogP contribution in [-0.4, -0.2) is 30.1 Å². The van der Waals surface area contributed by atoms with E-state index in [1.807, 2.05) is 0 Å². The van der Waals surface area contributed by atoms with Crippen molar-refractivity contribution in [3.8, 4) is 0 Å². The molecule has 1 aliphatic rings. The second kappa shape index (κ2) is 7.59. The first-order valence-corrected chi connectivity index (χ1v) is 8.48. The van der Waals surface area contributed by atoms with Gasteiger partial charge in [-0.15, -0.1) is 11.3 Å². The Bertz CT molecular complexity index is 622. The molecule has 0 aliphatic heterocycles. The molecule has 2 N–H and O–H groups in total. The van der Waals surface area contributed by atoms with Gasteiger partial charge < -0.3 is 15.2 Å². The van der Waals surface area contributed by atoms with Crippen LogP contribution in [0.25, 0.3) is 0 Å². The number of rotatable bonds is 6. The molecule has 1 unspecified atom stereocenters. The van der Waals surface area contributed by atoms with Crippen LogP contribution in [0.2, 0.25) is 0 Å². The number of thiophene rings is 1. The Hall–Kier alpha value is -1.89. The lowest BCUT2D eigenvalue weighted by Gasteiger charge is -2.18. The maximum atomic E-state index is 12.1. The smallest absolute Gasteiger partial charge is 0.341 e. The second-order valence-electron chi connectivity index (χ2n) is 5.84. The van der Waals surface area contributed by atoms with Gasteiger partial charge in [0, 0.05) is 17.7 Å². The Morgan fingerprint density at radius 2 is 2.09 bits per heavy atom. The molecule has 2 rings (SSSR count). The van der Waals surface area contributed by atoms with E-state index in [0.717, 1.165) is 29.7 Å². The standard InChI is InChI=1S/C16H21NO5S/c1-9-6-7-10-11(8-9)23-15(14(10)16(21)22-2)17-12(18)4-3-5-13(19)20/h9H,3-8H2,1-2H3,(H,17,18)(H,19,20). The number of carbonyl (C=O) groups excluding carboxylic acids is 2. The van der Waals surface area contributed by atoms with E-state index in [1.54, 1.807) is 0 Å². The maximum absolute atomic E-state index is 12.1. The highest BCUT2D eigenvalue weighted by Gasteiger charge is 2.28. The highest BCUT2D eigenvalue weighted by Crippen LogP contribution is 2.40. The molecule has 23 heavy (non-hydrogen) atoms. The van der Waals surface area contributed by atoms with Crippen LogP contribution in [0, 0.1) is 5.92 Å². The Morgan fingerprint density at radius 3 is 2.74 bits per heavy atom. The zero-order valence-corrected chi connectivity index (χ0v) is 14.1. The summed E-state index contributed by atoms with van der Waals surface area (Å²) in [5, 5.41) is 11.9. The second-order valence-corrected chi connectivity index (χ2v) is 6.95. The van der Waals surface area contributed by atoms with Crippen LogP contribution in [0.3, 0.4) is 0 Å². The molecule has 0 fully saturated rings. The topological polar surface area (TPSA) is 92.7 Å². The molecule has 0 spiro atoms. The number of carbonyl (C=O) groups is 3. The van der Waals surface area contributed by atoms with Crippen LogP contribution in [0.15, 0.2) is 0 Å². The zero-order chi connectivity index (χ0) is 17.0. The summed E-state index contributed by atoms with van der Waals surface area (Å²) in [5.74, 6) is -1.07. The van der Waals surface area contributed by atoms with Gasteiger partial charge in [0.1, 0.15) is 5.00 Å². The highest BCUT2D eigenvalue weighted by molar-refractivity contribution is 7.17. The predicted octanol–water partition coefficient (Wildman–Crippen LogP) is 2.85. The monoisotopic (exact) mass is 339 g/mol. The summed E-state index contributed by atoms with van der Waals surface area (Å²) < 4.78 is 4.86. The number of ether oxygens (including phenoxy) is 1. The van der Waals surface area contributed by atoms with Gasteiger partial charge in [0.05, 0.1) is 12.7 Å². The van der Waals surface area contributed by atoms with Crippen molar-refractivity contribution in [3.63, 3.8) is 0 Å². The quantitative estimate of drug-likeness (QED) is 0.778. The summed E-state index contributed by atoms with van der Waals surface area (Å²) >= 11 is 1.43. The van der Waals surface area contributed by atoms with Crippen molar-refractivity contribution >= 4 is 34.2 Å². The van der Waals surface area contributed by atoms with Crippen molar-refractivity contribution in [2.45, 2.75) is 45.4 Å². The summed E-state index contributed by atoms with van der Waals surface area (Å²) in [6, 6.07) is 0. The summed E-state index contributed by atoms with van der Waals surface area (Å²) in [4.78, 5) is 35.7. The van der Waals surface area contributed by atoms with Gasteiger partial charge in [-0.05, 0) is 37.2 Å². The lowest BCUT2D eigenvalue weighted by Crippen LogP contribution is -2.16. The molecule has 1 aromatic heterocycles. The number of carboxylic acid groups (broad SMARTS) is 1. The van der Waals surface area contributed by atoms with Gasteiger partial charge >= 0.3 is 11.9 Å². The number of methoxy groups -OCH3 is 1. The summed E-state index contributed by atoms with van der Waals surface area (Å²) in [7, 11) is 1.33. The molecule has 0 bridgehead atoms. The number of amides is 1. The summed E-state index contributed by atoms with van der Waals surface area (Å²) in [5.41, 5.74) is 1.45. The molecule has 1 amide bonds. The molecular formula is C16H21NO5S. The van der Waals surface area contributed by atoms with Gasteiger partial charge in [-0.2, -0.15) is 0 Å². The van der Waals surface area contributed by atoms with Gasteiger partial charge in [-0.1, -0.05) is 6.92 Å². The molecule has 6 nitrogen and oxygen atoms in total. The average Bonchev–Trinajstić information content (AvgIpc) is 2.82. The van der Waals surface area contributed by atoms with E-state index >= 15 is 0 Å². The first-order valence-electron chi connectivity index (χ1n) is 7.66. The summed E-state index contributed by atoms with van der Waals surface area (Å²) in [6.45, 7) is 2.17. The fraction of sp³-hybridized carbons (Fsp3) is 0.562. The predicted molar refractivity (Wildman–Crippen MR) is 87.0 cm³/mol. The zero-order valence-electron chi connectivity index (χ0n) is 13.3. The third-order valence-electron chi connectivity index (χ3n) is 3.95. The fourth-order valence-electron chi connectivity index (χ4n) is 2.75. The third kappa shape index (κ3) is 4.31. The van der Waals surface area contributed by atoms with Gasteiger partial charge in [0.2, 0.25) is 5.91 Å². The Kier molecular flexibility index (Phi) is 5.76. The van der Waals surface area contributed by atoms with E-state index in [-0.39, 0.29) is 25.2 Å². The van der Waals surface area contributed by atoms with E-state index in [9.17, 15) is 14.4 Å². The number of aliphatic carboxylic acids is 1. The molecule has 1 heterocycles. The Balaban J connectivity index is 2.15. The molecule has 0 radical (unpaired) electrons. The summed E-state index contributed by atoms with van der Waals surface area (Å²) in [6.07, 6.45) is 3.07. The number of anilines is 1. The molecule has 0 saturated heterocycles. The third-order valence-corrected chi connectivity index (χ3v) is 5.12. The molecule has 0 aromatic carbocycles. The van der Waals surface area contributed by atoms with Crippen LogP contribution in [0.1, 0.15) is 53.4 Å². The molecule has 1 aromatic rings. The van der Waals surface area contributed by atoms with Crippen molar-refractivity contribution in [1.82, 2.24) is 0 Å². The van der Waals surface area contributed by atoms with E-state index in [0.29, 0.717) is 16.5 Å². The minimum absolute atomic E-state index is 0.0459. The SMILES string of the molecule is COC(=O)c1c(NC(=O)CCCC(=O)O)sc2c1CCC(C)C2. The molecule has 0 saturated carbocycles. The van der Waals surface area contributed by atoms with Crippen molar-refractivity contribution in [2.24, 2.45) is 5.92 Å². The van der Waals surface area contributed by atoms with Crippen LogP contribution < -0.4 is 5.32 Å². The first-order chi connectivity index (χ1) is 10.9. The van der Waals surface area contributed by atoms with E-state index in [1.165, 1.54) is 18.4 Å². The molecule has 1 aliphatic carbocycles. The minimum Gasteiger partial charge on any atom is -0.481 e. The van der Waals surface area contributed by atoms with Crippen molar-refractivity contribution in [2.75, 3.05) is 12.4 Å². The van der Waals surface area contributed by atoms with E-state index in [4.69, 9.17) is 9.84 Å². The highest BCUT2D eigenvalue weighted by atomic mass is 32.1. The van der Waals surface area contributed by atoms with Gasteiger partial charge in [-0.3, -0.25) is 9.59 Å². The average molecular weight is 339 g/mol. The minimum atomic E-state index is -0.923. The van der Waals surface area contributed by atoms with Gasteiger partial charge in [0.25, 0.3) is 0 Å². The van der Waals surface area contributed by atoms with Crippen molar-refractivity contribution in [3.05, 3.63) is 16.0 Å². The number of hydrogen-bond donors (Lipinski definition) is 2. The lowest BCUT2D eigenvalue weighted by molar-refractivity contribution is -0.137. The Morgan fingerprint density at radius 1 is 1.35 bits per heavy atom. The van der Waals surface area contributed by atoms with Crippen molar-refractivity contribution < 1.29 is 24.2 Å². The molecule has 1 atom stereocenters. The van der Waals surface area contributed by atoms with Crippen LogP contribution in [-0.2, 0) is 27.2 Å². The number of hydrogen-bond acceptors (Lipinski definition) is 5. The Labute approximate surface area is 138 Å². The van der Waals surface area contributed by atoms with Crippen LogP contribution >= 0.6 is 11.3 Å². The fourth-order valence-corrected chi connectivity index (χ4v) is 4.16. The van der Waals surface area contributed by atoms with E-state index in [2.05, 4.69) is 12.2 Å². The normalized spacial score (nSPS) is 16.5. The molecular weight excluding hydrogens is 318 g/mol. The molecule has 126 valence electrons. The number of nitrogens with one attached hydrogen (secondary N) is 1. The van der Waals surface area contributed by atoms with Crippen LogP contribution in [0.5, 0.6) is 0 Å². The first kappa shape index (κ1) is 17.5. The van der Waals surface area contributed by atoms with Gasteiger partial charge in [0.15, 0.2) is 0 Å². The number of esters is 1. The lowest BCUT2D eigenvalue weighted by atomic mass is 9.88. The number of fused-ring (bicyclic) bond motifs is 1. The van der Waals surface area contributed by atoms with Gasteiger partial charge in [-0.25, -0.2) is 4.79 Å². The molecule has 7 heteroatoms. The number of carboxylic acids is 1. The largest absolute Gasteiger partial charge is 0.481 e. The van der Waals surface area contributed by atoms with Crippen molar-refractivity contribution in [1.29, 1.82) is 0 Å². The van der Waals surface area contributed by atoms with E-state index < -0.39 is 11.9 Å².